The van der Waals surface area contributed by atoms with E-state index < -0.39 is 23.9 Å². The van der Waals surface area contributed by atoms with Crippen molar-refractivity contribution >= 4 is 18.0 Å². The largest absolute Gasteiger partial charge is 0.412 e. The van der Waals surface area contributed by atoms with Crippen LogP contribution in [0.25, 0.3) is 0 Å². The molecule has 1 atom stereocenters. The van der Waals surface area contributed by atoms with E-state index in [1.165, 1.54) is 0 Å². The first-order chi connectivity index (χ1) is 8.00. The monoisotopic (exact) mass is 236 g/mol. The molecule has 0 aliphatic carbocycles. The Morgan fingerprint density at radius 3 is 2.18 bits per heavy atom. The molecule has 0 aliphatic heterocycles. The number of ether oxygens (including phenoxy) is 1. The van der Waals surface area contributed by atoms with Crippen LogP contribution in [0.3, 0.4) is 0 Å². The molecular weight excluding hydrogens is 224 g/mol. The van der Waals surface area contributed by atoms with Gasteiger partial charge in [0.05, 0.1) is 0 Å². The number of nitrogens with two attached hydrogens (primary N) is 2. The molecule has 0 spiro atoms. The van der Waals surface area contributed by atoms with Gasteiger partial charge in [-0.1, -0.05) is 30.3 Å². The van der Waals surface area contributed by atoms with Gasteiger partial charge in [-0.15, -0.1) is 0 Å². The highest BCUT2D eigenvalue weighted by molar-refractivity contribution is 6.00. The molecule has 6 nitrogen and oxygen atoms in total. The highest BCUT2D eigenvalue weighted by atomic mass is 16.6. The summed E-state index contributed by atoms with van der Waals surface area (Å²) in [6.45, 7) is 0. The Morgan fingerprint density at radius 2 is 1.71 bits per heavy atom. The van der Waals surface area contributed by atoms with Gasteiger partial charge in [-0.3, -0.25) is 9.59 Å². The Bertz CT molecular complexity index is 430. The van der Waals surface area contributed by atoms with Crippen molar-refractivity contribution < 1.29 is 19.1 Å². The lowest BCUT2D eigenvalue weighted by Gasteiger charge is -2.10. The first-order valence-corrected chi connectivity index (χ1v) is 4.85. The van der Waals surface area contributed by atoms with Crippen molar-refractivity contribution in [3.63, 3.8) is 0 Å². The zero-order valence-corrected chi connectivity index (χ0v) is 8.96. The van der Waals surface area contributed by atoms with Gasteiger partial charge in [-0.2, -0.15) is 0 Å². The Labute approximate surface area is 97.5 Å². The predicted molar refractivity (Wildman–Crippen MR) is 58.5 cm³/mol. The van der Waals surface area contributed by atoms with Crippen LogP contribution in [0, 0.1) is 5.92 Å². The molecule has 0 saturated heterocycles. The second-order valence-corrected chi connectivity index (χ2v) is 3.38. The second-order valence-electron chi connectivity index (χ2n) is 3.38. The average Bonchev–Trinajstić information content (AvgIpc) is 2.25. The molecule has 1 unspecified atom stereocenters. The highest BCUT2D eigenvalue weighted by Crippen LogP contribution is 2.10. The van der Waals surface area contributed by atoms with Crippen LogP contribution < -0.4 is 11.5 Å². The van der Waals surface area contributed by atoms with E-state index in [9.17, 15) is 14.4 Å². The van der Waals surface area contributed by atoms with Gasteiger partial charge in [0.2, 0.25) is 5.91 Å². The molecule has 4 N–H and O–H groups in total. The molecule has 6 heteroatoms. The standard InChI is InChI=1S/C11H12N2O4/c12-9(14)8(10(15)17-11(13)16)6-7-4-2-1-3-5-7/h1-5,8H,6H2,(H2,12,14)(H2,13,16). The van der Waals surface area contributed by atoms with Crippen molar-refractivity contribution in [2.24, 2.45) is 17.4 Å². The number of amides is 2. The molecule has 0 bridgehead atoms. The van der Waals surface area contributed by atoms with Gasteiger partial charge < -0.3 is 16.2 Å². The lowest BCUT2D eigenvalue weighted by molar-refractivity contribution is -0.145. The Kier molecular flexibility index (Phi) is 4.21. The maximum Gasteiger partial charge on any atom is 0.412 e. The van der Waals surface area contributed by atoms with Gasteiger partial charge >= 0.3 is 12.1 Å². The molecule has 90 valence electrons. The van der Waals surface area contributed by atoms with Crippen LogP contribution >= 0.6 is 0 Å². The van der Waals surface area contributed by atoms with Crippen molar-refractivity contribution in [2.45, 2.75) is 6.42 Å². The second kappa shape index (κ2) is 5.64. The summed E-state index contributed by atoms with van der Waals surface area (Å²) in [6, 6.07) is 8.77. The zero-order valence-electron chi connectivity index (χ0n) is 8.96. The zero-order chi connectivity index (χ0) is 12.8. The fraction of sp³-hybridized carbons (Fsp3) is 0.182. The predicted octanol–water partition coefficient (Wildman–Crippen LogP) is -0.0475. The van der Waals surface area contributed by atoms with E-state index in [0.717, 1.165) is 5.56 Å². The van der Waals surface area contributed by atoms with E-state index in [4.69, 9.17) is 11.5 Å². The summed E-state index contributed by atoms with van der Waals surface area (Å²) in [4.78, 5) is 32.9. The quantitative estimate of drug-likeness (QED) is 0.563. The summed E-state index contributed by atoms with van der Waals surface area (Å²) in [5.74, 6) is -3.11. The van der Waals surface area contributed by atoms with Crippen LogP contribution in [-0.4, -0.2) is 18.0 Å². The van der Waals surface area contributed by atoms with E-state index in [0.29, 0.717) is 0 Å². The number of hydrogen-bond donors (Lipinski definition) is 2. The Morgan fingerprint density at radius 1 is 1.12 bits per heavy atom. The van der Waals surface area contributed by atoms with E-state index in [1.807, 2.05) is 0 Å². The first-order valence-electron chi connectivity index (χ1n) is 4.85. The summed E-state index contributed by atoms with van der Waals surface area (Å²) in [7, 11) is 0. The van der Waals surface area contributed by atoms with Crippen LogP contribution in [0.5, 0.6) is 0 Å². The molecule has 0 radical (unpaired) electrons. The molecular formula is C11H12N2O4. The van der Waals surface area contributed by atoms with Crippen LogP contribution in [0.1, 0.15) is 5.56 Å². The molecule has 1 rings (SSSR count). The van der Waals surface area contributed by atoms with Gasteiger partial charge in [0, 0.05) is 0 Å². The molecule has 0 aliphatic rings. The molecule has 1 aromatic carbocycles. The summed E-state index contributed by atoms with van der Waals surface area (Å²) in [6.07, 6.45) is -1.18. The summed E-state index contributed by atoms with van der Waals surface area (Å²) in [5, 5.41) is 0. The topological polar surface area (TPSA) is 112 Å². The third kappa shape index (κ3) is 3.94. The molecule has 0 saturated carbocycles. The third-order valence-corrected chi connectivity index (χ3v) is 2.11. The minimum atomic E-state index is -1.26. The number of carbonyl (C=O) groups is 3. The number of benzene rings is 1. The van der Waals surface area contributed by atoms with Crippen molar-refractivity contribution in [2.75, 3.05) is 0 Å². The summed E-state index contributed by atoms with van der Waals surface area (Å²) in [5.41, 5.74) is 10.5. The van der Waals surface area contributed by atoms with Crippen molar-refractivity contribution in [3.05, 3.63) is 35.9 Å². The smallest absolute Gasteiger partial charge is 0.376 e. The fourth-order valence-electron chi connectivity index (χ4n) is 1.32. The first kappa shape index (κ1) is 12.7. The van der Waals surface area contributed by atoms with E-state index >= 15 is 0 Å². The summed E-state index contributed by atoms with van der Waals surface area (Å²) < 4.78 is 4.14. The van der Waals surface area contributed by atoms with Gasteiger partial charge in [0.1, 0.15) is 5.92 Å². The molecule has 0 heterocycles. The maximum absolute atomic E-state index is 11.4. The highest BCUT2D eigenvalue weighted by Gasteiger charge is 2.27. The van der Waals surface area contributed by atoms with Crippen molar-refractivity contribution in [1.29, 1.82) is 0 Å². The molecule has 0 fully saturated rings. The summed E-state index contributed by atoms with van der Waals surface area (Å²) >= 11 is 0. The minimum absolute atomic E-state index is 0.0717. The Hall–Kier alpha value is -2.37. The van der Waals surface area contributed by atoms with Crippen molar-refractivity contribution in [3.8, 4) is 0 Å². The average molecular weight is 236 g/mol. The number of esters is 1. The van der Waals surface area contributed by atoms with Gasteiger partial charge in [-0.25, -0.2) is 4.79 Å². The molecule has 1 aromatic rings. The molecule has 17 heavy (non-hydrogen) atoms. The van der Waals surface area contributed by atoms with Gasteiger partial charge in [0.25, 0.3) is 0 Å². The van der Waals surface area contributed by atoms with Gasteiger partial charge in [-0.05, 0) is 12.0 Å². The van der Waals surface area contributed by atoms with Crippen LogP contribution in [0.15, 0.2) is 30.3 Å². The maximum atomic E-state index is 11.4. The van der Waals surface area contributed by atoms with E-state index in [-0.39, 0.29) is 6.42 Å². The third-order valence-electron chi connectivity index (χ3n) is 2.11. The van der Waals surface area contributed by atoms with Crippen molar-refractivity contribution in [1.82, 2.24) is 0 Å². The van der Waals surface area contributed by atoms with Crippen LogP contribution in [0.4, 0.5) is 4.79 Å². The Balaban J connectivity index is 2.77. The lowest BCUT2D eigenvalue weighted by atomic mass is 9.99. The lowest BCUT2D eigenvalue weighted by Crippen LogP contribution is -2.35. The fourth-order valence-corrected chi connectivity index (χ4v) is 1.32. The van der Waals surface area contributed by atoms with E-state index in [1.54, 1.807) is 30.3 Å². The van der Waals surface area contributed by atoms with Crippen LogP contribution in [-0.2, 0) is 20.7 Å². The molecule has 2 amide bonds. The number of primary amides is 2. The number of rotatable bonds is 4. The van der Waals surface area contributed by atoms with Gasteiger partial charge in [0.15, 0.2) is 0 Å². The SMILES string of the molecule is NC(=O)OC(=O)C(Cc1ccccc1)C(N)=O. The van der Waals surface area contributed by atoms with Crippen LogP contribution in [0.2, 0.25) is 0 Å². The minimum Gasteiger partial charge on any atom is -0.376 e. The van der Waals surface area contributed by atoms with E-state index in [2.05, 4.69) is 4.74 Å². The number of carbonyl (C=O) groups excluding carboxylic acids is 3. The normalized spacial score (nSPS) is 11.5. The number of hydrogen-bond acceptors (Lipinski definition) is 4. The molecule has 0 aromatic heterocycles.